The lowest BCUT2D eigenvalue weighted by Crippen LogP contribution is -2.53. The van der Waals surface area contributed by atoms with Gasteiger partial charge in [-0.25, -0.2) is 4.79 Å². The maximum Gasteiger partial charge on any atom is 0.410 e. The molecule has 0 radical (unpaired) electrons. The van der Waals surface area contributed by atoms with Gasteiger partial charge in [0.15, 0.2) is 0 Å². The normalized spacial score (nSPS) is 29.5. The zero-order chi connectivity index (χ0) is 15.7. The molecule has 1 saturated carbocycles. The summed E-state index contributed by atoms with van der Waals surface area (Å²) in [6, 6.07) is 0. The molecule has 2 aliphatic rings. The van der Waals surface area contributed by atoms with Crippen LogP contribution in [0.1, 0.15) is 59.3 Å². The van der Waals surface area contributed by atoms with Crippen LogP contribution in [0, 0.1) is 5.41 Å². The van der Waals surface area contributed by atoms with Crippen molar-refractivity contribution in [3.63, 3.8) is 0 Å². The molecule has 0 aromatic carbocycles. The van der Waals surface area contributed by atoms with Crippen molar-refractivity contribution in [2.45, 2.75) is 70.5 Å². The summed E-state index contributed by atoms with van der Waals surface area (Å²) in [4.78, 5) is 13.8. The first-order valence-electron chi connectivity index (χ1n) is 8.03. The van der Waals surface area contributed by atoms with Crippen LogP contribution in [0.3, 0.4) is 0 Å². The van der Waals surface area contributed by atoms with E-state index < -0.39 is 16.6 Å². The summed E-state index contributed by atoms with van der Waals surface area (Å²) in [7, 11) is 0. The summed E-state index contributed by atoms with van der Waals surface area (Å²) in [6.45, 7) is 6.37. The molecule has 5 nitrogen and oxygen atoms in total. The number of carbonyl (C=O) groups excluding carboxylic acids is 1. The number of likely N-dealkylation sites (tertiary alicyclic amines) is 1. The van der Waals surface area contributed by atoms with Crippen LogP contribution in [0.15, 0.2) is 0 Å². The molecule has 122 valence electrons. The molecule has 21 heavy (non-hydrogen) atoms. The Hall–Kier alpha value is -0.810. The SMILES string of the molecule is CC(C)(C)OC(=O)N1CCC(CO)(C2(O)CCCCC2)C1. The van der Waals surface area contributed by atoms with E-state index in [0.29, 0.717) is 19.5 Å². The highest BCUT2D eigenvalue weighted by Gasteiger charge is 2.54. The summed E-state index contributed by atoms with van der Waals surface area (Å²) >= 11 is 0. The van der Waals surface area contributed by atoms with Gasteiger partial charge in [0.2, 0.25) is 0 Å². The highest BCUT2D eigenvalue weighted by atomic mass is 16.6. The molecule has 1 atom stereocenters. The number of aliphatic hydroxyl groups is 2. The topological polar surface area (TPSA) is 70.0 Å². The fraction of sp³-hybridized carbons (Fsp3) is 0.938. The van der Waals surface area contributed by atoms with Gasteiger partial charge in [-0.2, -0.15) is 0 Å². The third-order valence-electron chi connectivity index (χ3n) is 4.98. The number of ether oxygens (including phenoxy) is 1. The van der Waals surface area contributed by atoms with Gasteiger partial charge >= 0.3 is 6.09 Å². The summed E-state index contributed by atoms with van der Waals surface area (Å²) in [6.07, 6.45) is 4.84. The number of nitrogens with zero attached hydrogens (tertiary/aromatic N) is 1. The highest BCUT2D eigenvalue weighted by molar-refractivity contribution is 5.68. The average molecular weight is 299 g/mol. The predicted octanol–water partition coefficient (Wildman–Crippen LogP) is 2.30. The molecule has 0 spiro atoms. The second-order valence-corrected chi connectivity index (χ2v) is 7.68. The molecular formula is C16H29NO4. The first-order chi connectivity index (χ1) is 9.71. The molecule has 1 amide bonds. The number of rotatable bonds is 2. The van der Waals surface area contributed by atoms with Crippen molar-refractivity contribution >= 4 is 6.09 Å². The van der Waals surface area contributed by atoms with E-state index in [2.05, 4.69) is 0 Å². The van der Waals surface area contributed by atoms with E-state index in [1.807, 2.05) is 20.8 Å². The number of aliphatic hydroxyl groups excluding tert-OH is 1. The molecular weight excluding hydrogens is 270 g/mol. The van der Waals surface area contributed by atoms with Crippen molar-refractivity contribution in [3.05, 3.63) is 0 Å². The van der Waals surface area contributed by atoms with Gasteiger partial charge in [-0.15, -0.1) is 0 Å². The van der Waals surface area contributed by atoms with Crippen molar-refractivity contribution in [2.75, 3.05) is 19.7 Å². The van der Waals surface area contributed by atoms with E-state index in [1.165, 1.54) is 0 Å². The van der Waals surface area contributed by atoms with Crippen LogP contribution in [0.25, 0.3) is 0 Å². The molecule has 0 bridgehead atoms. The minimum atomic E-state index is -0.850. The highest BCUT2D eigenvalue weighted by Crippen LogP contribution is 2.48. The van der Waals surface area contributed by atoms with Gasteiger partial charge < -0.3 is 19.8 Å². The number of hydrogen-bond acceptors (Lipinski definition) is 4. The molecule has 1 aliphatic carbocycles. The minimum absolute atomic E-state index is 0.0806. The summed E-state index contributed by atoms with van der Waals surface area (Å²) in [5.41, 5.74) is -1.97. The van der Waals surface area contributed by atoms with Gasteiger partial charge in [-0.1, -0.05) is 19.3 Å². The summed E-state index contributed by atoms with van der Waals surface area (Å²) in [5, 5.41) is 20.9. The summed E-state index contributed by atoms with van der Waals surface area (Å²) < 4.78 is 5.40. The Balaban J connectivity index is 2.08. The van der Waals surface area contributed by atoms with Gasteiger partial charge in [0.1, 0.15) is 5.60 Å². The van der Waals surface area contributed by atoms with Crippen LogP contribution in [-0.4, -0.2) is 52.1 Å². The van der Waals surface area contributed by atoms with Crippen LogP contribution >= 0.6 is 0 Å². The molecule has 1 aliphatic heterocycles. The van der Waals surface area contributed by atoms with Gasteiger partial charge in [-0.3, -0.25) is 0 Å². The Morgan fingerprint density at radius 3 is 2.33 bits per heavy atom. The zero-order valence-electron chi connectivity index (χ0n) is 13.5. The maximum atomic E-state index is 12.2. The van der Waals surface area contributed by atoms with Crippen LogP contribution in [0.4, 0.5) is 4.79 Å². The largest absolute Gasteiger partial charge is 0.444 e. The van der Waals surface area contributed by atoms with Crippen molar-refractivity contribution in [1.82, 2.24) is 4.90 Å². The van der Waals surface area contributed by atoms with Gasteiger partial charge in [-0.05, 0) is 40.0 Å². The zero-order valence-corrected chi connectivity index (χ0v) is 13.5. The molecule has 2 fully saturated rings. The lowest BCUT2D eigenvalue weighted by molar-refractivity contribution is -0.124. The van der Waals surface area contributed by atoms with Gasteiger partial charge in [0, 0.05) is 18.5 Å². The van der Waals surface area contributed by atoms with E-state index in [0.717, 1.165) is 32.1 Å². The second kappa shape index (κ2) is 5.76. The predicted molar refractivity (Wildman–Crippen MR) is 80.0 cm³/mol. The molecule has 2 rings (SSSR count). The number of carbonyl (C=O) groups is 1. The lowest BCUT2D eigenvalue weighted by Gasteiger charge is -2.46. The first kappa shape index (κ1) is 16.6. The molecule has 0 aromatic rings. The number of amides is 1. The fourth-order valence-electron chi connectivity index (χ4n) is 3.68. The molecule has 2 N–H and O–H groups in total. The molecule has 5 heteroatoms. The van der Waals surface area contributed by atoms with Crippen LogP contribution in [-0.2, 0) is 4.74 Å². The Labute approximate surface area is 127 Å². The van der Waals surface area contributed by atoms with Crippen LogP contribution < -0.4 is 0 Å². The van der Waals surface area contributed by atoms with Crippen LogP contribution in [0.2, 0.25) is 0 Å². The minimum Gasteiger partial charge on any atom is -0.444 e. The Kier molecular flexibility index (Phi) is 4.54. The van der Waals surface area contributed by atoms with Crippen molar-refractivity contribution in [2.24, 2.45) is 5.41 Å². The Bertz CT molecular complexity index is 384. The standard InChI is InChI=1S/C16H29NO4/c1-14(2,3)21-13(19)17-10-9-15(11-17,12-18)16(20)7-5-4-6-8-16/h18,20H,4-12H2,1-3H3. The molecule has 1 heterocycles. The molecule has 0 aromatic heterocycles. The summed E-state index contributed by atoms with van der Waals surface area (Å²) in [5.74, 6) is 0. The van der Waals surface area contributed by atoms with Crippen molar-refractivity contribution in [1.29, 1.82) is 0 Å². The van der Waals surface area contributed by atoms with Crippen LogP contribution in [0.5, 0.6) is 0 Å². The van der Waals surface area contributed by atoms with Crippen molar-refractivity contribution in [3.8, 4) is 0 Å². The second-order valence-electron chi connectivity index (χ2n) is 7.68. The van der Waals surface area contributed by atoms with E-state index in [1.54, 1.807) is 4.90 Å². The lowest BCUT2D eigenvalue weighted by atomic mass is 9.65. The molecule has 1 unspecified atom stereocenters. The third-order valence-corrected chi connectivity index (χ3v) is 4.98. The Morgan fingerprint density at radius 1 is 1.19 bits per heavy atom. The quantitative estimate of drug-likeness (QED) is 0.821. The monoisotopic (exact) mass is 299 g/mol. The van der Waals surface area contributed by atoms with Gasteiger partial charge in [0.25, 0.3) is 0 Å². The fourth-order valence-corrected chi connectivity index (χ4v) is 3.68. The molecule has 1 saturated heterocycles. The van der Waals surface area contributed by atoms with Crippen molar-refractivity contribution < 1.29 is 19.7 Å². The maximum absolute atomic E-state index is 12.2. The van der Waals surface area contributed by atoms with E-state index in [-0.39, 0.29) is 12.7 Å². The van der Waals surface area contributed by atoms with Gasteiger partial charge in [0.05, 0.1) is 12.2 Å². The third kappa shape index (κ3) is 3.34. The smallest absolute Gasteiger partial charge is 0.410 e. The van der Waals surface area contributed by atoms with E-state index >= 15 is 0 Å². The Morgan fingerprint density at radius 2 is 1.81 bits per heavy atom. The first-order valence-corrected chi connectivity index (χ1v) is 8.03. The van der Waals surface area contributed by atoms with E-state index in [9.17, 15) is 15.0 Å². The number of hydrogen-bond donors (Lipinski definition) is 2. The average Bonchev–Trinajstić information content (AvgIpc) is 2.84. The van der Waals surface area contributed by atoms with E-state index in [4.69, 9.17) is 4.74 Å².